The van der Waals surface area contributed by atoms with E-state index in [0.29, 0.717) is 5.41 Å². The molecule has 4 heteroatoms. The van der Waals surface area contributed by atoms with Gasteiger partial charge in [-0.2, -0.15) is 0 Å². The second-order valence-corrected chi connectivity index (χ2v) is 8.34. The number of nitrogens with zero attached hydrogens (tertiary/aromatic N) is 1. The van der Waals surface area contributed by atoms with Gasteiger partial charge in [0.25, 0.3) is 5.91 Å². The number of likely N-dealkylation sites (tertiary alicyclic amines) is 1. The predicted molar refractivity (Wildman–Crippen MR) is 112 cm³/mol. The smallest absolute Gasteiger partial charge is 0.253 e. The molecule has 2 aliphatic rings. The Kier molecular flexibility index (Phi) is 5.79. The van der Waals surface area contributed by atoms with E-state index in [2.05, 4.69) is 10.2 Å². The summed E-state index contributed by atoms with van der Waals surface area (Å²) in [6.45, 7) is 3.98. The minimum absolute atomic E-state index is 0.0253. The standard InChI is InChI=1S/C24H30N2O2/c27-18-19-4-1-5-20(16-19)21-6-2-7-22(17-21)23(28)26-14-3-8-24(11-15-26)9-12-25-13-10-24/h1-2,4-7,16-17,25,27H,3,8-15,18H2. The van der Waals surface area contributed by atoms with Crippen molar-refractivity contribution in [1.82, 2.24) is 10.2 Å². The molecular formula is C24H30N2O2. The van der Waals surface area contributed by atoms with Crippen LogP contribution in [0.4, 0.5) is 0 Å². The third kappa shape index (κ3) is 4.13. The van der Waals surface area contributed by atoms with Gasteiger partial charge in [0.1, 0.15) is 0 Å². The van der Waals surface area contributed by atoms with Crippen LogP contribution in [0.1, 0.15) is 48.0 Å². The van der Waals surface area contributed by atoms with Crippen LogP contribution in [0.2, 0.25) is 0 Å². The van der Waals surface area contributed by atoms with E-state index in [0.717, 1.165) is 61.3 Å². The Morgan fingerprint density at radius 2 is 1.71 bits per heavy atom. The van der Waals surface area contributed by atoms with E-state index in [1.54, 1.807) is 0 Å². The summed E-state index contributed by atoms with van der Waals surface area (Å²) in [7, 11) is 0. The van der Waals surface area contributed by atoms with Crippen LogP contribution in [0.25, 0.3) is 11.1 Å². The molecule has 4 nitrogen and oxygen atoms in total. The van der Waals surface area contributed by atoms with Gasteiger partial charge in [-0.15, -0.1) is 0 Å². The van der Waals surface area contributed by atoms with Gasteiger partial charge in [0.05, 0.1) is 6.61 Å². The molecule has 0 atom stereocenters. The minimum atomic E-state index is 0.0253. The molecule has 0 bridgehead atoms. The van der Waals surface area contributed by atoms with Crippen LogP contribution in [-0.4, -0.2) is 42.1 Å². The molecule has 2 saturated heterocycles. The van der Waals surface area contributed by atoms with E-state index >= 15 is 0 Å². The number of piperidine rings is 1. The monoisotopic (exact) mass is 378 g/mol. The molecule has 2 fully saturated rings. The second kappa shape index (κ2) is 8.46. The maximum Gasteiger partial charge on any atom is 0.253 e. The molecule has 0 aliphatic carbocycles. The lowest BCUT2D eigenvalue weighted by atomic mass is 9.73. The van der Waals surface area contributed by atoms with E-state index in [9.17, 15) is 9.90 Å². The fraction of sp³-hybridized carbons (Fsp3) is 0.458. The number of rotatable bonds is 3. The molecule has 2 aliphatic heterocycles. The summed E-state index contributed by atoms with van der Waals surface area (Å²) < 4.78 is 0. The van der Waals surface area contributed by atoms with Crippen LogP contribution in [0.15, 0.2) is 48.5 Å². The van der Waals surface area contributed by atoms with Gasteiger partial charge in [-0.05, 0) is 85.5 Å². The molecule has 148 valence electrons. The van der Waals surface area contributed by atoms with Gasteiger partial charge < -0.3 is 15.3 Å². The van der Waals surface area contributed by atoms with Crippen LogP contribution >= 0.6 is 0 Å². The molecule has 0 unspecified atom stereocenters. The highest BCUT2D eigenvalue weighted by molar-refractivity contribution is 5.95. The van der Waals surface area contributed by atoms with Crippen molar-refractivity contribution in [2.45, 2.75) is 38.7 Å². The summed E-state index contributed by atoms with van der Waals surface area (Å²) in [6, 6.07) is 15.8. The minimum Gasteiger partial charge on any atom is -0.392 e. The number of amides is 1. The van der Waals surface area contributed by atoms with E-state index in [1.165, 1.54) is 19.3 Å². The van der Waals surface area contributed by atoms with Crippen LogP contribution < -0.4 is 5.32 Å². The molecule has 0 radical (unpaired) electrons. The molecule has 2 aromatic rings. The summed E-state index contributed by atoms with van der Waals surface area (Å²) in [5.74, 6) is 0.145. The van der Waals surface area contributed by atoms with Gasteiger partial charge in [0.2, 0.25) is 0 Å². The van der Waals surface area contributed by atoms with E-state index < -0.39 is 0 Å². The third-order valence-corrected chi connectivity index (χ3v) is 6.55. The number of aliphatic hydroxyl groups is 1. The summed E-state index contributed by atoms with van der Waals surface area (Å²) in [6.07, 6.45) is 5.95. The molecule has 1 spiro atoms. The Balaban J connectivity index is 1.50. The van der Waals surface area contributed by atoms with Gasteiger partial charge in [-0.1, -0.05) is 30.3 Å². The average Bonchev–Trinajstić information content (AvgIpc) is 2.96. The molecule has 0 aromatic heterocycles. The van der Waals surface area contributed by atoms with E-state index in [4.69, 9.17) is 0 Å². The SMILES string of the molecule is O=C(c1cccc(-c2cccc(CO)c2)c1)N1CCCC2(CCNCC2)CC1. The molecule has 2 N–H and O–H groups in total. The normalized spacial score (nSPS) is 19.4. The fourth-order valence-corrected chi connectivity index (χ4v) is 4.78. The molecule has 2 aromatic carbocycles. The van der Waals surface area contributed by atoms with Crippen molar-refractivity contribution in [1.29, 1.82) is 0 Å². The molecule has 2 heterocycles. The Hall–Kier alpha value is -2.17. The number of hydrogen-bond acceptors (Lipinski definition) is 3. The summed E-state index contributed by atoms with van der Waals surface area (Å²) >= 11 is 0. The van der Waals surface area contributed by atoms with Crippen molar-refractivity contribution in [3.8, 4) is 11.1 Å². The lowest BCUT2D eigenvalue weighted by Gasteiger charge is -2.37. The molecular weight excluding hydrogens is 348 g/mol. The highest BCUT2D eigenvalue weighted by atomic mass is 16.3. The van der Waals surface area contributed by atoms with E-state index in [1.807, 2.05) is 48.5 Å². The number of aliphatic hydroxyl groups excluding tert-OH is 1. The van der Waals surface area contributed by atoms with Crippen molar-refractivity contribution in [2.75, 3.05) is 26.2 Å². The van der Waals surface area contributed by atoms with Crippen molar-refractivity contribution >= 4 is 5.91 Å². The van der Waals surface area contributed by atoms with E-state index in [-0.39, 0.29) is 12.5 Å². The number of nitrogens with one attached hydrogen (secondary N) is 1. The Morgan fingerprint density at radius 3 is 2.50 bits per heavy atom. The van der Waals surface area contributed by atoms with Gasteiger partial charge >= 0.3 is 0 Å². The Morgan fingerprint density at radius 1 is 0.964 bits per heavy atom. The first-order chi connectivity index (χ1) is 13.7. The number of hydrogen-bond donors (Lipinski definition) is 2. The quantitative estimate of drug-likeness (QED) is 0.853. The number of carbonyl (C=O) groups is 1. The van der Waals surface area contributed by atoms with Crippen molar-refractivity contribution < 1.29 is 9.90 Å². The lowest BCUT2D eigenvalue weighted by Crippen LogP contribution is -2.38. The molecule has 28 heavy (non-hydrogen) atoms. The summed E-state index contributed by atoms with van der Waals surface area (Å²) in [5.41, 5.74) is 4.13. The van der Waals surface area contributed by atoms with Gasteiger partial charge in [-0.3, -0.25) is 4.79 Å². The highest BCUT2D eigenvalue weighted by Crippen LogP contribution is 2.39. The zero-order valence-electron chi connectivity index (χ0n) is 16.5. The maximum absolute atomic E-state index is 13.2. The Bertz CT molecular complexity index is 827. The summed E-state index contributed by atoms with van der Waals surface area (Å²) in [5, 5.41) is 12.9. The maximum atomic E-state index is 13.2. The van der Waals surface area contributed by atoms with Crippen LogP contribution in [0, 0.1) is 5.41 Å². The molecule has 4 rings (SSSR count). The van der Waals surface area contributed by atoms with Crippen LogP contribution in [0.5, 0.6) is 0 Å². The van der Waals surface area contributed by atoms with Gasteiger partial charge in [0, 0.05) is 18.7 Å². The third-order valence-electron chi connectivity index (χ3n) is 6.55. The highest BCUT2D eigenvalue weighted by Gasteiger charge is 2.34. The largest absolute Gasteiger partial charge is 0.392 e. The fourth-order valence-electron chi connectivity index (χ4n) is 4.78. The second-order valence-electron chi connectivity index (χ2n) is 8.34. The van der Waals surface area contributed by atoms with Gasteiger partial charge in [0.15, 0.2) is 0 Å². The average molecular weight is 379 g/mol. The zero-order valence-corrected chi connectivity index (χ0v) is 16.5. The first-order valence-electron chi connectivity index (χ1n) is 10.5. The van der Waals surface area contributed by atoms with Gasteiger partial charge in [-0.25, -0.2) is 0 Å². The van der Waals surface area contributed by atoms with Crippen molar-refractivity contribution in [2.24, 2.45) is 5.41 Å². The Labute approximate surface area is 167 Å². The first kappa shape index (κ1) is 19.2. The number of carbonyl (C=O) groups excluding carboxylic acids is 1. The first-order valence-corrected chi connectivity index (χ1v) is 10.5. The number of benzene rings is 2. The predicted octanol–water partition coefficient (Wildman–Crippen LogP) is 3.84. The van der Waals surface area contributed by atoms with Crippen LogP contribution in [-0.2, 0) is 6.61 Å². The zero-order chi connectivity index (χ0) is 19.4. The van der Waals surface area contributed by atoms with Crippen molar-refractivity contribution in [3.05, 3.63) is 59.7 Å². The molecule has 0 saturated carbocycles. The summed E-state index contributed by atoms with van der Waals surface area (Å²) in [4.78, 5) is 15.3. The van der Waals surface area contributed by atoms with Crippen LogP contribution in [0.3, 0.4) is 0 Å². The van der Waals surface area contributed by atoms with Crippen molar-refractivity contribution in [3.63, 3.8) is 0 Å². The molecule has 1 amide bonds. The topological polar surface area (TPSA) is 52.6 Å². The lowest BCUT2D eigenvalue weighted by molar-refractivity contribution is 0.0750.